The Morgan fingerprint density at radius 2 is 1.68 bits per heavy atom. The first-order valence-corrected chi connectivity index (χ1v) is 9.79. The molecule has 2 aromatic carbocycles. The second kappa shape index (κ2) is 9.55. The quantitative estimate of drug-likeness (QED) is 0.660. The Morgan fingerprint density at radius 1 is 1.00 bits per heavy atom. The van der Waals surface area contributed by atoms with E-state index in [9.17, 15) is 14.0 Å². The zero-order valence-corrected chi connectivity index (χ0v) is 16.2. The van der Waals surface area contributed by atoms with Crippen LogP contribution in [0.5, 0.6) is 0 Å². The summed E-state index contributed by atoms with van der Waals surface area (Å²) in [6, 6.07) is 10.7. The first-order chi connectivity index (χ1) is 13.5. The fraction of sp³-hybridized carbons (Fsp3) is 0.333. The highest BCUT2D eigenvalue weighted by molar-refractivity contribution is 6.34. The minimum absolute atomic E-state index is 0.0118. The number of hydrogen-bond acceptors (Lipinski definition) is 3. The second-order valence-corrected chi connectivity index (χ2v) is 7.32. The SMILES string of the molecule is O=C(CNc1ccc(F)cc1)Nc1ccc(Cl)c(C(=O)NC2CCCCC2)c1. The van der Waals surface area contributed by atoms with Crippen LogP contribution >= 0.6 is 11.6 Å². The van der Waals surface area contributed by atoms with Crippen LogP contribution < -0.4 is 16.0 Å². The molecule has 0 aromatic heterocycles. The molecule has 1 aliphatic rings. The first-order valence-electron chi connectivity index (χ1n) is 9.41. The summed E-state index contributed by atoms with van der Waals surface area (Å²) in [4.78, 5) is 24.7. The smallest absolute Gasteiger partial charge is 0.253 e. The summed E-state index contributed by atoms with van der Waals surface area (Å²) in [5, 5.41) is 9.02. The van der Waals surface area contributed by atoms with Crippen molar-refractivity contribution in [2.45, 2.75) is 38.1 Å². The molecule has 0 unspecified atom stereocenters. The standard InChI is InChI=1S/C21H23ClFN3O2/c22-19-11-10-17(12-18(19)21(28)26-16-4-2-1-3-5-16)25-20(27)13-24-15-8-6-14(23)7-9-15/h6-12,16,24H,1-5,13H2,(H,25,27)(H,26,28). The van der Waals surface area contributed by atoms with Gasteiger partial charge in [-0.3, -0.25) is 9.59 Å². The van der Waals surface area contributed by atoms with Crippen LogP contribution in [0, 0.1) is 5.82 Å². The van der Waals surface area contributed by atoms with Gasteiger partial charge in [-0.05, 0) is 55.3 Å². The van der Waals surface area contributed by atoms with Crippen LogP contribution in [0.3, 0.4) is 0 Å². The normalized spacial score (nSPS) is 14.4. The maximum Gasteiger partial charge on any atom is 0.253 e. The van der Waals surface area contributed by atoms with E-state index in [1.807, 2.05) is 0 Å². The Hall–Kier alpha value is -2.60. The van der Waals surface area contributed by atoms with E-state index in [-0.39, 0.29) is 30.2 Å². The predicted octanol–water partition coefficient (Wildman–Crippen LogP) is 4.59. The number of anilines is 2. The predicted molar refractivity (Wildman–Crippen MR) is 109 cm³/mol. The van der Waals surface area contributed by atoms with Gasteiger partial charge in [-0.2, -0.15) is 0 Å². The van der Waals surface area contributed by atoms with Crippen molar-refractivity contribution in [3.63, 3.8) is 0 Å². The summed E-state index contributed by atoms with van der Waals surface area (Å²) >= 11 is 6.18. The Labute approximate surface area is 168 Å². The number of hydrogen-bond donors (Lipinski definition) is 3. The van der Waals surface area contributed by atoms with Gasteiger partial charge in [0.15, 0.2) is 0 Å². The summed E-state index contributed by atoms with van der Waals surface area (Å²) < 4.78 is 12.9. The van der Waals surface area contributed by atoms with E-state index in [1.165, 1.54) is 18.6 Å². The molecule has 5 nitrogen and oxygen atoms in total. The van der Waals surface area contributed by atoms with E-state index in [4.69, 9.17) is 11.6 Å². The third-order valence-corrected chi connectivity index (χ3v) is 5.06. The maximum atomic E-state index is 12.9. The van der Waals surface area contributed by atoms with Crippen LogP contribution in [-0.2, 0) is 4.79 Å². The monoisotopic (exact) mass is 403 g/mol. The average molecular weight is 404 g/mol. The number of rotatable bonds is 6. The van der Waals surface area contributed by atoms with Crippen LogP contribution in [-0.4, -0.2) is 24.4 Å². The Kier molecular flexibility index (Phi) is 6.87. The lowest BCUT2D eigenvalue weighted by atomic mass is 9.95. The fourth-order valence-corrected chi connectivity index (χ4v) is 3.45. The lowest BCUT2D eigenvalue weighted by Crippen LogP contribution is -2.36. The van der Waals surface area contributed by atoms with Crippen molar-refractivity contribution >= 4 is 34.8 Å². The number of amides is 2. The molecule has 28 heavy (non-hydrogen) atoms. The number of halogens is 2. The molecule has 0 aliphatic heterocycles. The average Bonchev–Trinajstić information content (AvgIpc) is 2.70. The molecule has 2 amide bonds. The van der Waals surface area contributed by atoms with Crippen LogP contribution in [0.25, 0.3) is 0 Å². The molecular formula is C21H23ClFN3O2. The number of benzene rings is 2. The van der Waals surface area contributed by atoms with Gasteiger partial charge in [0.25, 0.3) is 5.91 Å². The van der Waals surface area contributed by atoms with Crippen LogP contribution in [0.1, 0.15) is 42.5 Å². The molecule has 7 heteroatoms. The molecule has 0 radical (unpaired) electrons. The number of nitrogens with one attached hydrogen (secondary N) is 3. The van der Waals surface area contributed by atoms with Gasteiger partial charge in [0.2, 0.25) is 5.91 Å². The van der Waals surface area contributed by atoms with Crippen molar-refractivity contribution < 1.29 is 14.0 Å². The van der Waals surface area contributed by atoms with E-state index in [0.29, 0.717) is 22.0 Å². The molecule has 0 heterocycles. The molecule has 3 N–H and O–H groups in total. The van der Waals surface area contributed by atoms with Gasteiger partial charge < -0.3 is 16.0 Å². The van der Waals surface area contributed by atoms with E-state index < -0.39 is 0 Å². The van der Waals surface area contributed by atoms with Gasteiger partial charge in [-0.25, -0.2) is 4.39 Å². The van der Waals surface area contributed by atoms with Crippen LogP contribution in [0.4, 0.5) is 15.8 Å². The lowest BCUT2D eigenvalue weighted by molar-refractivity contribution is -0.114. The molecule has 1 fully saturated rings. The summed E-state index contributed by atoms with van der Waals surface area (Å²) in [6.07, 6.45) is 5.41. The van der Waals surface area contributed by atoms with E-state index in [2.05, 4.69) is 16.0 Å². The van der Waals surface area contributed by atoms with Gasteiger partial charge in [-0.1, -0.05) is 30.9 Å². The van der Waals surface area contributed by atoms with Crippen LogP contribution in [0.2, 0.25) is 5.02 Å². The van der Waals surface area contributed by atoms with Crippen molar-refractivity contribution in [2.24, 2.45) is 0 Å². The summed E-state index contributed by atoms with van der Waals surface area (Å²) in [5.74, 6) is -0.849. The summed E-state index contributed by atoms with van der Waals surface area (Å²) in [5.41, 5.74) is 1.47. The lowest BCUT2D eigenvalue weighted by Gasteiger charge is -2.23. The van der Waals surface area contributed by atoms with Crippen molar-refractivity contribution in [1.82, 2.24) is 5.32 Å². The van der Waals surface area contributed by atoms with Gasteiger partial charge >= 0.3 is 0 Å². The maximum absolute atomic E-state index is 12.9. The Morgan fingerprint density at radius 3 is 2.39 bits per heavy atom. The van der Waals surface area contributed by atoms with Crippen molar-refractivity contribution in [3.8, 4) is 0 Å². The van der Waals surface area contributed by atoms with Crippen molar-refractivity contribution in [1.29, 1.82) is 0 Å². The minimum Gasteiger partial charge on any atom is -0.376 e. The topological polar surface area (TPSA) is 70.2 Å². The molecule has 3 rings (SSSR count). The van der Waals surface area contributed by atoms with Gasteiger partial charge in [0.05, 0.1) is 17.1 Å². The molecule has 0 atom stereocenters. The van der Waals surface area contributed by atoms with Gasteiger partial charge in [-0.15, -0.1) is 0 Å². The zero-order valence-electron chi connectivity index (χ0n) is 15.4. The van der Waals surface area contributed by atoms with Gasteiger partial charge in [0.1, 0.15) is 5.82 Å². The Bertz CT molecular complexity index is 836. The first kappa shape index (κ1) is 20.1. The largest absolute Gasteiger partial charge is 0.376 e. The van der Waals surface area contributed by atoms with E-state index in [0.717, 1.165) is 25.7 Å². The van der Waals surface area contributed by atoms with E-state index >= 15 is 0 Å². The molecule has 0 saturated heterocycles. The second-order valence-electron chi connectivity index (χ2n) is 6.91. The van der Waals surface area contributed by atoms with Crippen molar-refractivity contribution in [2.75, 3.05) is 17.2 Å². The van der Waals surface area contributed by atoms with E-state index in [1.54, 1.807) is 30.3 Å². The number of carbonyl (C=O) groups is 2. The Balaban J connectivity index is 1.57. The highest BCUT2D eigenvalue weighted by Crippen LogP contribution is 2.23. The molecule has 1 saturated carbocycles. The zero-order chi connectivity index (χ0) is 19.9. The molecule has 0 bridgehead atoms. The summed E-state index contributed by atoms with van der Waals surface area (Å²) in [7, 11) is 0. The van der Waals surface area contributed by atoms with Gasteiger partial charge in [0, 0.05) is 17.4 Å². The number of carbonyl (C=O) groups excluding carboxylic acids is 2. The summed E-state index contributed by atoms with van der Waals surface area (Å²) in [6.45, 7) is 0.0118. The molecular weight excluding hydrogens is 381 g/mol. The highest BCUT2D eigenvalue weighted by atomic mass is 35.5. The molecule has 148 valence electrons. The fourth-order valence-electron chi connectivity index (χ4n) is 3.24. The molecule has 1 aliphatic carbocycles. The highest BCUT2D eigenvalue weighted by Gasteiger charge is 2.19. The molecule has 2 aromatic rings. The third kappa shape index (κ3) is 5.70. The molecule has 0 spiro atoms. The minimum atomic E-state index is -0.338. The third-order valence-electron chi connectivity index (χ3n) is 4.73. The van der Waals surface area contributed by atoms with Crippen molar-refractivity contribution in [3.05, 3.63) is 58.9 Å². The van der Waals surface area contributed by atoms with Crippen LogP contribution in [0.15, 0.2) is 42.5 Å².